The first-order chi connectivity index (χ1) is 8.19. The Kier molecular flexibility index (Phi) is 2.57. The van der Waals surface area contributed by atoms with E-state index >= 15 is 0 Å². The summed E-state index contributed by atoms with van der Waals surface area (Å²) in [7, 11) is 0. The molecule has 88 valence electrons. The van der Waals surface area contributed by atoms with Gasteiger partial charge in [0.2, 0.25) is 0 Å². The third kappa shape index (κ3) is 1.81. The molecule has 2 nitrogen and oxygen atoms in total. The third-order valence-corrected chi connectivity index (χ3v) is 4.00. The number of para-hydroxylation sites is 1. The van der Waals surface area contributed by atoms with Gasteiger partial charge >= 0.3 is 0 Å². The predicted octanol–water partition coefficient (Wildman–Crippen LogP) is 3.62. The molecule has 17 heavy (non-hydrogen) atoms. The number of rotatable bonds is 1. The lowest BCUT2D eigenvalue weighted by Gasteiger charge is -2.25. The number of nitrogens with zero attached hydrogens (tertiary/aromatic N) is 1. The van der Waals surface area contributed by atoms with Crippen molar-refractivity contribution in [1.82, 2.24) is 4.98 Å². The van der Waals surface area contributed by atoms with Gasteiger partial charge in [-0.05, 0) is 25.0 Å². The maximum atomic E-state index is 6.45. The van der Waals surface area contributed by atoms with E-state index in [0.29, 0.717) is 5.15 Å². The fourth-order valence-corrected chi connectivity index (χ4v) is 3.05. The molecule has 0 amide bonds. The summed E-state index contributed by atoms with van der Waals surface area (Å²) in [5.74, 6) is 0. The molecule has 1 aromatic carbocycles. The van der Waals surface area contributed by atoms with Gasteiger partial charge in [0.15, 0.2) is 0 Å². The molecular weight excluding hydrogens is 232 g/mol. The lowest BCUT2D eigenvalue weighted by Crippen LogP contribution is -2.33. The van der Waals surface area contributed by atoms with E-state index in [0.717, 1.165) is 29.3 Å². The third-order valence-electron chi connectivity index (χ3n) is 3.71. The first-order valence-corrected chi connectivity index (χ1v) is 6.41. The summed E-state index contributed by atoms with van der Waals surface area (Å²) >= 11 is 6.28. The van der Waals surface area contributed by atoms with E-state index in [1.807, 2.05) is 18.2 Å². The van der Waals surface area contributed by atoms with Gasteiger partial charge in [-0.2, -0.15) is 0 Å². The SMILES string of the molecule is NC1(c2cc3ccccc3nc2Cl)CCCC1. The van der Waals surface area contributed by atoms with Crippen molar-refractivity contribution >= 4 is 22.5 Å². The van der Waals surface area contributed by atoms with Gasteiger partial charge in [-0.15, -0.1) is 0 Å². The summed E-state index contributed by atoms with van der Waals surface area (Å²) in [4.78, 5) is 4.45. The van der Waals surface area contributed by atoms with Crippen LogP contribution in [0.2, 0.25) is 5.15 Å². The quantitative estimate of drug-likeness (QED) is 0.781. The minimum absolute atomic E-state index is 0.270. The van der Waals surface area contributed by atoms with Crippen molar-refractivity contribution in [3.63, 3.8) is 0 Å². The fourth-order valence-electron chi connectivity index (χ4n) is 2.72. The molecule has 1 fully saturated rings. The zero-order valence-electron chi connectivity index (χ0n) is 9.62. The maximum absolute atomic E-state index is 6.45. The fraction of sp³-hybridized carbons (Fsp3) is 0.357. The Morgan fingerprint density at radius 2 is 1.88 bits per heavy atom. The molecule has 1 aromatic heterocycles. The number of pyridine rings is 1. The Labute approximate surface area is 106 Å². The van der Waals surface area contributed by atoms with Gasteiger partial charge in [0.05, 0.1) is 5.52 Å². The van der Waals surface area contributed by atoms with Crippen molar-refractivity contribution in [2.75, 3.05) is 0 Å². The Hall–Kier alpha value is -1.12. The average molecular weight is 247 g/mol. The highest BCUT2D eigenvalue weighted by molar-refractivity contribution is 6.30. The minimum atomic E-state index is -0.270. The Morgan fingerprint density at radius 3 is 2.65 bits per heavy atom. The highest BCUT2D eigenvalue weighted by Crippen LogP contribution is 2.39. The van der Waals surface area contributed by atoms with Gasteiger partial charge in [-0.25, -0.2) is 4.98 Å². The minimum Gasteiger partial charge on any atom is -0.321 e. The van der Waals surface area contributed by atoms with Crippen LogP contribution in [0.15, 0.2) is 30.3 Å². The molecule has 1 heterocycles. The van der Waals surface area contributed by atoms with Gasteiger partial charge in [-0.3, -0.25) is 0 Å². The lowest BCUT2D eigenvalue weighted by molar-refractivity contribution is 0.461. The second kappa shape index (κ2) is 3.97. The molecule has 3 heteroatoms. The van der Waals surface area contributed by atoms with Crippen LogP contribution in [0.1, 0.15) is 31.2 Å². The van der Waals surface area contributed by atoms with Crippen LogP contribution in [0.25, 0.3) is 10.9 Å². The van der Waals surface area contributed by atoms with Crippen LogP contribution in [0, 0.1) is 0 Å². The molecule has 0 atom stereocenters. The number of aromatic nitrogens is 1. The number of nitrogens with two attached hydrogens (primary N) is 1. The second-order valence-corrected chi connectivity index (χ2v) is 5.24. The summed E-state index contributed by atoms with van der Waals surface area (Å²) in [6, 6.07) is 10.1. The van der Waals surface area contributed by atoms with E-state index in [4.69, 9.17) is 17.3 Å². The molecule has 0 unspecified atom stereocenters. The van der Waals surface area contributed by atoms with Crippen molar-refractivity contribution < 1.29 is 0 Å². The maximum Gasteiger partial charge on any atom is 0.134 e. The van der Waals surface area contributed by atoms with Gasteiger partial charge in [-0.1, -0.05) is 42.6 Å². The molecule has 2 aromatic rings. The van der Waals surface area contributed by atoms with Crippen molar-refractivity contribution in [3.05, 3.63) is 41.0 Å². The van der Waals surface area contributed by atoms with Gasteiger partial charge in [0, 0.05) is 16.5 Å². The van der Waals surface area contributed by atoms with E-state index < -0.39 is 0 Å². The van der Waals surface area contributed by atoms with Crippen LogP contribution in [0.3, 0.4) is 0 Å². The van der Waals surface area contributed by atoms with Crippen LogP contribution >= 0.6 is 11.6 Å². The molecule has 0 saturated heterocycles. The van der Waals surface area contributed by atoms with Crippen molar-refractivity contribution in [3.8, 4) is 0 Å². The van der Waals surface area contributed by atoms with Crippen molar-refractivity contribution in [1.29, 1.82) is 0 Å². The van der Waals surface area contributed by atoms with Gasteiger partial charge < -0.3 is 5.73 Å². The number of hydrogen-bond donors (Lipinski definition) is 1. The molecule has 0 spiro atoms. The average Bonchev–Trinajstić information content (AvgIpc) is 2.76. The van der Waals surface area contributed by atoms with E-state index in [1.165, 1.54) is 12.8 Å². The van der Waals surface area contributed by atoms with Gasteiger partial charge in [0.25, 0.3) is 0 Å². The topological polar surface area (TPSA) is 38.9 Å². The van der Waals surface area contributed by atoms with Crippen LogP contribution in [-0.2, 0) is 5.54 Å². The monoisotopic (exact) mass is 246 g/mol. The van der Waals surface area contributed by atoms with Crippen LogP contribution in [-0.4, -0.2) is 4.98 Å². The Morgan fingerprint density at radius 1 is 1.18 bits per heavy atom. The second-order valence-electron chi connectivity index (χ2n) is 4.88. The highest BCUT2D eigenvalue weighted by Gasteiger charge is 2.33. The molecule has 0 radical (unpaired) electrons. The molecule has 1 aliphatic carbocycles. The Balaban J connectivity index is 2.19. The molecular formula is C14H15ClN2. The lowest BCUT2D eigenvalue weighted by atomic mass is 9.90. The molecule has 0 aliphatic heterocycles. The Bertz CT molecular complexity index is 559. The number of benzene rings is 1. The smallest absolute Gasteiger partial charge is 0.134 e. The van der Waals surface area contributed by atoms with Crippen LogP contribution in [0.4, 0.5) is 0 Å². The molecule has 2 N–H and O–H groups in total. The van der Waals surface area contributed by atoms with Gasteiger partial charge in [0.1, 0.15) is 5.15 Å². The van der Waals surface area contributed by atoms with Crippen molar-refractivity contribution in [2.45, 2.75) is 31.2 Å². The summed E-state index contributed by atoms with van der Waals surface area (Å²) in [5, 5.41) is 1.68. The standard InChI is InChI=1S/C14H15ClN2/c15-13-11(14(16)7-3-4-8-14)9-10-5-1-2-6-12(10)17-13/h1-2,5-6,9H,3-4,7-8,16H2. The van der Waals surface area contributed by atoms with E-state index in [-0.39, 0.29) is 5.54 Å². The van der Waals surface area contributed by atoms with E-state index in [2.05, 4.69) is 17.1 Å². The van der Waals surface area contributed by atoms with E-state index in [9.17, 15) is 0 Å². The first-order valence-electron chi connectivity index (χ1n) is 6.04. The first kappa shape index (κ1) is 11.0. The highest BCUT2D eigenvalue weighted by atomic mass is 35.5. The molecule has 0 bridgehead atoms. The zero-order valence-corrected chi connectivity index (χ0v) is 10.4. The molecule has 1 aliphatic rings. The van der Waals surface area contributed by atoms with Crippen LogP contribution in [0.5, 0.6) is 0 Å². The number of halogens is 1. The number of hydrogen-bond acceptors (Lipinski definition) is 2. The summed E-state index contributed by atoms with van der Waals surface area (Å²) in [5.41, 5.74) is 8.12. The summed E-state index contributed by atoms with van der Waals surface area (Å²) < 4.78 is 0. The van der Waals surface area contributed by atoms with Crippen molar-refractivity contribution in [2.24, 2.45) is 5.73 Å². The zero-order chi connectivity index (χ0) is 11.9. The largest absolute Gasteiger partial charge is 0.321 e. The summed E-state index contributed by atoms with van der Waals surface area (Å²) in [6.07, 6.45) is 4.37. The predicted molar refractivity (Wildman–Crippen MR) is 71.1 cm³/mol. The normalized spacial score (nSPS) is 18.7. The molecule has 3 rings (SSSR count). The summed E-state index contributed by atoms with van der Waals surface area (Å²) in [6.45, 7) is 0. The van der Waals surface area contributed by atoms with E-state index in [1.54, 1.807) is 0 Å². The number of fused-ring (bicyclic) bond motifs is 1. The molecule has 1 saturated carbocycles. The van der Waals surface area contributed by atoms with Crippen LogP contribution < -0.4 is 5.73 Å².